The molecule has 198 valence electrons. The summed E-state index contributed by atoms with van der Waals surface area (Å²) in [7, 11) is -1.77. The zero-order valence-electron chi connectivity index (χ0n) is 24.2. The molecule has 7 rings (SSSR count). The van der Waals surface area contributed by atoms with Crippen LogP contribution in [0.3, 0.4) is 0 Å². The molecule has 2 aliphatic carbocycles. The topological polar surface area (TPSA) is 0 Å². The van der Waals surface area contributed by atoms with Gasteiger partial charge in [0.25, 0.3) is 0 Å². The van der Waals surface area contributed by atoms with Gasteiger partial charge >= 0.3 is 241 Å². The van der Waals surface area contributed by atoms with E-state index >= 15 is 0 Å². The zero-order valence-corrected chi connectivity index (χ0v) is 26.7. The first kappa shape index (κ1) is 25.8. The molecule has 4 aromatic carbocycles. The molecule has 1 heterocycles. The predicted molar refractivity (Wildman–Crippen MR) is 168 cm³/mol. The SMILES string of the molecule is CCC[CH2][Ti]1([CH2]CCC)[CH]2c3ccccc3-c3cccc(c32)C[Si](C)(C)c2cccc3c2[CH]1c1ccccc1-3. The van der Waals surface area contributed by atoms with Gasteiger partial charge in [-0.25, -0.2) is 0 Å². The summed E-state index contributed by atoms with van der Waals surface area (Å²) in [5, 5.41) is 1.76. The quantitative estimate of drug-likeness (QED) is 0.205. The number of rotatable bonds is 6. The Morgan fingerprint density at radius 3 is 1.74 bits per heavy atom. The van der Waals surface area contributed by atoms with E-state index in [4.69, 9.17) is 0 Å². The van der Waals surface area contributed by atoms with Crippen molar-refractivity contribution in [2.24, 2.45) is 0 Å². The van der Waals surface area contributed by atoms with Crippen molar-refractivity contribution in [1.29, 1.82) is 0 Å². The molecule has 0 bridgehead atoms. The van der Waals surface area contributed by atoms with Crippen molar-refractivity contribution in [3.8, 4) is 22.3 Å². The van der Waals surface area contributed by atoms with Gasteiger partial charge < -0.3 is 0 Å². The Bertz CT molecular complexity index is 1560. The summed E-state index contributed by atoms with van der Waals surface area (Å²) < 4.78 is 4.20. The number of unbranched alkanes of at least 4 members (excludes halogenated alkanes) is 2. The first-order valence-electron chi connectivity index (χ1n) is 15.5. The van der Waals surface area contributed by atoms with Crippen molar-refractivity contribution in [2.75, 3.05) is 0 Å². The van der Waals surface area contributed by atoms with E-state index < -0.39 is 24.7 Å². The van der Waals surface area contributed by atoms with E-state index in [0.717, 1.165) is 0 Å². The Morgan fingerprint density at radius 1 is 0.615 bits per heavy atom. The maximum atomic E-state index is 2.66. The van der Waals surface area contributed by atoms with Gasteiger partial charge in [-0.15, -0.1) is 0 Å². The molecule has 0 amide bonds. The Balaban J connectivity index is 1.65. The Morgan fingerprint density at radius 2 is 1.13 bits per heavy atom. The first-order chi connectivity index (χ1) is 19.0. The van der Waals surface area contributed by atoms with Crippen LogP contribution >= 0.6 is 0 Å². The molecule has 2 heteroatoms. The minimum absolute atomic E-state index is 0.630. The van der Waals surface area contributed by atoms with Gasteiger partial charge in [0, 0.05) is 0 Å². The van der Waals surface area contributed by atoms with Gasteiger partial charge in [-0.3, -0.25) is 0 Å². The second-order valence-corrected chi connectivity index (χ2v) is 25.1. The number of fused-ring (bicyclic) bond motifs is 6. The molecule has 0 radical (unpaired) electrons. The summed E-state index contributed by atoms with van der Waals surface area (Å²) in [5.41, 5.74) is 14.8. The van der Waals surface area contributed by atoms with E-state index in [0.29, 0.717) is 8.45 Å². The molecule has 3 aliphatic rings. The Kier molecular flexibility index (Phi) is 6.42. The summed E-state index contributed by atoms with van der Waals surface area (Å²) in [6.07, 6.45) is 5.34. The van der Waals surface area contributed by atoms with Crippen molar-refractivity contribution in [3.05, 3.63) is 113 Å². The van der Waals surface area contributed by atoms with E-state index in [1.165, 1.54) is 41.2 Å². The van der Waals surface area contributed by atoms with Crippen LogP contribution < -0.4 is 5.19 Å². The second-order valence-electron chi connectivity index (χ2n) is 13.2. The van der Waals surface area contributed by atoms with Crippen molar-refractivity contribution in [1.82, 2.24) is 0 Å². The molecular formula is C37H42SiTi. The summed E-state index contributed by atoms with van der Waals surface area (Å²) >= 11 is -2.81. The van der Waals surface area contributed by atoms with E-state index in [1.807, 2.05) is 0 Å². The van der Waals surface area contributed by atoms with E-state index in [-0.39, 0.29) is 0 Å². The maximum absolute atomic E-state index is 2.81. The van der Waals surface area contributed by atoms with Crippen molar-refractivity contribution < 1.29 is 16.6 Å². The van der Waals surface area contributed by atoms with Gasteiger partial charge in [-0.1, -0.05) is 0 Å². The summed E-state index contributed by atoms with van der Waals surface area (Å²) in [4.78, 5) is 0. The molecule has 2 unspecified atom stereocenters. The average Bonchev–Trinajstić information content (AvgIpc) is 3.48. The molecule has 0 saturated carbocycles. The molecule has 2 atom stereocenters. The van der Waals surface area contributed by atoms with Crippen LogP contribution in [0, 0.1) is 0 Å². The van der Waals surface area contributed by atoms with Gasteiger partial charge in [-0.2, -0.15) is 0 Å². The van der Waals surface area contributed by atoms with E-state index in [9.17, 15) is 0 Å². The fraction of sp³-hybridized carbons (Fsp3) is 0.351. The summed E-state index contributed by atoms with van der Waals surface area (Å²) in [6, 6.07) is 35.3. The van der Waals surface area contributed by atoms with Gasteiger partial charge in [0.05, 0.1) is 0 Å². The van der Waals surface area contributed by atoms with Crippen LogP contribution in [-0.2, 0) is 22.6 Å². The normalized spacial score (nSPS) is 20.7. The molecule has 0 N–H and O–H groups in total. The zero-order chi connectivity index (χ0) is 26.8. The number of benzene rings is 4. The number of hydrogen-bond donors (Lipinski definition) is 0. The second kappa shape index (κ2) is 9.72. The third-order valence-corrected chi connectivity index (χ3v) is 23.1. The molecule has 39 heavy (non-hydrogen) atoms. The molecule has 1 aliphatic heterocycles. The van der Waals surface area contributed by atoms with Gasteiger partial charge in [0.15, 0.2) is 0 Å². The van der Waals surface area contributed by atoms with Crippen molar-refractivity contribution >= 4 is 13.3 Å². The van der Waals surface area contributed by atoms with Crippen LogP contribution in [0.5, 0.6) is 0 Å². The molecule has 0 saturated heterocycles. The monoisotopic (exact) mass is 562 g/mol. The molecular weight excluding hydrogens is 520 g/mol. The van der Waals surface area contributed by atoms with Crippen LogP contribution in [0.15, 0.2) is 84.9 Å². The van der Waals surface area contributed by atoms with E-state index in [1.54, 1.807) is 55.3 Å². The van der Waals surface area contributed by atoms with Gasteiger partial charge in [0.1, 0.15) is 0 Å². The van der Waals surface area contributed by atoms with Crippen molar-refractivity contribution in [2.45, 2.75) is 76.6 Å². The summed E-state index contributed by atoms with van der Waals surface area (Å²) in [6.45, 7) is 10.2. The molecule has 4 aromatic rings. The fourth-order valence-corrected chi connectivity index (χ4v) is 23.6. The van der Waals surface area contributed by atoms with Crippen LogP contribution in [0.25, 0.3) is 22.3 Å². The van der Waals surface area contributed by atoms with E-state index in [2.05, 4.69) is 112 Å². The Labute approximate surface area is 240 Å². The standard InChI is InChI=1S/C29H24Si.2C4H9.Ti/c1-30(2,29-16-8-15-26-24-13-6-4-10-21(24)18-28(26)29)19-22-11-7-14-25-23-12-5-3-9-20(23)17-27(22)25;2*1-3-4-2;/h3-18H,19H2,1-2H3;2*1,3-4H2,2H3;. The average molecular weight is 563 g/mol. The van der Waals surface area contributed by atoms with Crippen molar-refractivity contribution in [3.63, 3.8) is 0 Å². The molecule has 0 nitrogen and oxygen atoms in total. The predicted octanol–water partition coefficient (Wildman–Crippen LogP) is 10.1. The molecule has 0 fully saturated rings. The first-order valence-corrected chi connectivity index (χ1v) is 22.7. The molecule has 0 aromatic heterocycles. The third kappa shape index (κ3) is 3.73. The number of hydrogen-bond acceptors (Lipinski definition) is 0. The van der Waals surface area contributed by atoms with Crippen LogP contribution in [0.1, 0.15) is 75.8 Å². The fourth-order valence-electron chi connectivity index (χ4n) is 8.99. The third-order valence-electron chi connectivity index (χ3n) is 10.5. The van der Waals surface area contributed by atoms with Crippen LogP contribution in [-0.4, -0.2) is 8.07 Å². The van der Waals surface area contributed by atoms with Gasteiger partial charge in [0.2, 0.25) is 0 Å². The minimum atomic E-state index is -2.81. The summed E-state index contributed by atoms with van der Waals surface area (Å²) in [5.74, 6) is 0. The molecule has 0 spiro atoms. The van der Waals surface area contributed by atoms with Crippen LogP contribution in [0.4, 0.5) is 0 Å². The van der Waals surface area contributed by atoms with Crippen LogP contribution in [0.2, 0.25) is 22.5 Å². The van der Waals surface area contributed by atoms with Gasteiger partial charge in [-0.05, 0) is 0 Å². The Hall–Kier alpha value is -2.19.